The van der Waals surface area contributed by atoms with Gasteiger partial charge in [0, 0.05) is 37.4 Å². The Labute approximate surface area is 288 Å². The van der Waals surface area contributed by atoms with Crippen molar-refractivity contribution in [2.24, 2.45) is 0 Å². The maximum absolute atomic E-state index is 15.2. The van der Waals surface area contributed by atoms with Gasteiger partial charge in [-0.3, -0.25) is 4.98 Å². The van der Waals surface area contributed by atoms with Crippen LogP contribution in [0.1, 0.15) is 80.8 Å². The van der Waals surface area contributed by atoms with Crippen LogP contribution in [0.15, 0.2) is 23.1 Å². The average molecular weight is 705 g/mol. The Kier molecular flexibility index (Phi) is 10.9. The molecule has 0 N–H and O–H groups in total. The minimum atomic E-state index is -2.01. The third-order valence-corrected chi connectivity index (χ3v) is 13.7. The number of aromatic nitrogens is 4. The Hall–Kier alpha value is -3.29. The molecule has 4 rings (SSSR count). The quantitative estimate of drug-likeness (QED) is 0.135. The van der Waals surface area contributed by atoms with E-state index in [0.29, 0.717) is 36.8 Å². The second kappa shape index (κ2) is 13.9. The first-order valence-electron chi connectivity index (χ1n) is 16.4. The first-order valence-corrected chi connectivity index (χ1v) is 19.7. The number of carbonyl (C=O) groups excluding carboxylic acids is 1. The molecular formula is C34H50ClFN6O5Si. The summed E-state index contributed by atoms with van der Waals surface area (Å²) < 4.78 is 34.7. The number of halogens is 2. The molecule has 2 atom stereocenters. The number of hydrogen-bond acceptors (Lipinski definition) is 9. The van der Waals surface area contributed by atoms with E-state index in [1.165, 1.54) is 10.6 Å². The summed E-state index contributed by atoms with van der Waals surface area (Å²) in [5.74, 6) is -0.232. The first kappa shape index (κ1) is 37.5. The Morgan fingerprint density at radius 1 is 1.08 bits per heavy atom. The Morgan fingerprint density at radius 2 is 1.75 bits per heavy atom. The number of fused-ring (bicyclic) bond motifs is 1. The summed E-state index contributed by atoms with van der Waals surface area (Å²) in [5.41, 5.74) is -0.253. The zero-order valence-electron chi connectivity index (χ0n) is 30.3. The van der Waals surface area contributed by atoms with Gasteiger partial charge in [0.25, 0.3) is 0 Å². The van der Waals surface area contributed by atoms with Crippen LogP contribution in [-0.2, 0) is 9.16 Å². The van der Waals surface area contributed by atoms with E-state index in [1.807, 2.05) is 53.4 Å². The fourth-order valence-corrected chi connectivity index (χ4v) is 6.54. The van der Waals surface area contributed by atoms with Crippen LogP contribution < -0.4 is 15.3 Å². The molecule has 0 aliphatic carbocycles. The predicted molar refractivity (Wildman–Crippen MR) is 190 cm³/mol. The normalized spacial score (nSPS) is 17.7. The molecule has 3 aromatic heterocycles. The third kappa shape index (κ3) is 7.94. The molecule has 0 spiro atoms. The molecule has 1 aliphatic heterocycles. The smallest absolute Gasteiger partial charge is 0.410 e. The van der Waals surface area contributed by atoms with Gasteiger partial charge < -0.3 is 23.7 Å². The lowest BCUT2D eigenvalue weighted by Crippen LogP contribution is -2.59. The molecule has 11 nitrogen and oxygen atoms in total. The topological polar surface area (TPSA) is 112 Å². The van der Waals surface area contributed by atoms with Gasteiger partial charge in [0.1, 0.15) is 29.5 Å². The van der Waals surface area contributed by atoms with E-state index in [2.05, 4.69) is 48.8 Å². The highest BCUT2D eigenvalue weighted by Crippen LogP contribution is 2.37. The van der Waals surface area contributed by atoms with Crippen molar-refractivity contribution in [3.8, 4) is 11.4 Å². The zero-order valence-corrected chi connectivity index (χ0v) is 32.0. The molecule has 3 aromatic rings. The zero-order chi connectivity index (χ0) is 35.9. The number of rotatable bonds is 8. The van der Waals surface area contributed by atoms with Gasteiger partial charge in [0.05, 0.1) is 17.7 Å². The predicted octanol–water partition coefficient (Wildman–Crippen LogP) is 7.33. The first-order chi connectivity index (χ1) is 22.1. The van der Waals surface area contributed by atoms with E-state index >= 15 is 4.39 Å². The number of ether oxygens (including phenoxy) is 2. The highest BCUT2D eigenvalue weighted by molar-refractivity contribution is 6.74. The van der Waals surface area contributed by atoms with E-state index in [4.69, 9.17) is 25.5 Å². The maximum Gasteiger partial charge on any atom is 0.410 e. The van der Waals surface area contributed by atoms with Crippen LogP contribution >= 0.6 is 11.6 Å². The van der Waals surface area contributed by atoms with Gasteiger partial charge in [-0.05, 0) is 64.7 Å². The van der Waals surface area contributed by atoms with Gasteiger partial charge in [-0.15, -0.1) is 0 Å². The molecule has 264 valence electrons. The van der Waals surface area contributed by atoms with Gasteiger partial charge in [-0.1, -0.05) is 46.2 Å². The fourth-order valence-electron chi connectivity index (χ4n) is 5.38. The van der Waals surface area contributed by atoms with Gasteiger partial charge in [-0.25, -0.2) is 23.5 Å². The molecule has 1 amide bonds. The molecule has 1 saturated heterocycles. The monoisotopic (exact) mass is 704 g/mol. The number of nitrogens with zero attached hydrogens (tertiary/aromatic N) is 6. The van der Waals surface area contributed by atoms with Gasteiger partial charge in [0.15, 0.2) is 24.9 Å². The summed E-state index contributed by atoms with van der Waals surface area (Å²) in [4.78, 5) is 44.2. The van der Waals surface area contributed by atoms with E-state index in [-0.39, 0.29) is 51.7 Å². The van der Waals surface area contributed by atoms with E-state index in [9.17, 15) is 9.59 Å². The van der Waals surface area contributed by atoms with Crippen LogP contribution in [0.25, 0.3) is 16.7 Å². The number of piperazine rings is 1. The highest BCUT2D eigenvalue weighted by Gasteiger charge is 2.38. The maximum atomic E-state index is 15.2. The molecule has 0 saturated carbocycles. The lowest BCUT2D eigenvalue weighted by molar-refractivity contribution is 0.0130. The largest absolute Gasteiger partial charge is 0.489 e. The highest BCUT2D eigenvalue weighted by atomic mass is 35.5. The number of anilines is 1. The van der Waals surface area contributed by atoms with Crippen LogP contribution in [0.3, 0.4) is 0 Å². The van der Waals surface area contributed by atoms with Crippen LogP contribution in [0.4, 0.5) is 15.0 Å². The van der Waals surface area contributed by atoms with Crippen molar-refractivity contribution in [2.75, 3.05) is 31.2 Å². The molecule has 4 heterocycles. The van der Waals surface area contributed by atoms with Crippen molar-refractivity contribution in [3.63, 3.8) is 0 Å². The van der Waals surface area contributed by atoms with Gasteiger partial charge in [-0.2, -0.15) is 4.98 Å². The van der Waals surface area contributed by atoms with E-state index in [1.54, 1.807) is 17.2 Å². The molecule has 0 aromatic carbocycles. The molecule has 14 heteroatoms. The van der Waals surface area contributed by atoms with Gasteiger partial charge in [0.2, 0.25) is 0 Å². The summed E-state index contributed by atoms with van der Waals surface area (Å²) >= 11 is 6.27. The van der Waals surface area contributed by atoms with Crippen LogP contribution in [0, 0.1) is 5.82 Å². The Bertz CT molecular complexity index is 1720. The summed E-state index contributed by atoms with van der Waals surface area (Å²) in [7, 11) is -2.01. The average Bonchev–Trinajstić information content (AvgIpc) is 2.95. The summed E-state index contributed by atoms with van der Waals surface area (Å²) in [6.45, 7) is 25.3. The van der Waals surface area contributed by atoms with E-state index < -0.39 is 31.5 Å². The summed E-state index contributed by atoms with van der Waals surface area (Å²) in [5, 5.41) is -0.0619. The van der Waals surface area contributed by atoms with E-state index in [0.717, 1.165) is 0 Å². The second-order valence-corrected chi connectivity index (χ2v) is 20.5. The number of pyridine rings is 2. The minimum Gasteiger partial charge on any atom is -0.489 e. The van der Waals surface area contributed by atoms with Gasteiger partial charge >= 0.3 is 11.8 Å². The molecular weight excluding hydrogens is 655 g/mol. The number of carbonyl (C=O) groups is 1. The summed E-state index contributed by atoms with van der Waals surface area (Å²) in [6, 6.07) is 2.35. The van der Waals surface area contributed by atoms with Crippen molar-refractivity contribution in [1.82, 2.24) is 24.4 Å². The second-order valence-electron chi connectivity index (χ2n) is 15.3. The Balaban J connectivity index is 1.80. The van der Waals surface area contributed by atoms with Crippen molar-refractivity contribution in [1.29, 1.82) is 0 Å². The molecule has 48 heavy (non-hydrogen) atoms. The molecule has 1 fully saturated rings. The van der Waals surface area contributed by atoms with Crippen LogP contribution in [0.5, 0.6) is 5.75 Å². The number of hydrogen-bond donors (Lipinski definition) is 0. The van der Waals surface area contributed by atoms with Crippen molar-refractivity contribution in [3.05, 3.63) is 45.5 Å². The summed E-state index contributed by atoms with van der Waals surface area (Å²) in [6.07, 6.45) is 1.21. The molecule has 0 radical (unpaired) electrons. The lowest BCUT2D eigenvalue weighted by Gasteiger charge is -2.44. The van der Waals surface area contributed by atoms with Crippen molar-refractivity contribution >= 4 is 42.9 Å². The number of amides is 1. The Morgan fingerprint density at radius 3 is 2.35 bits per heavy atom. The van der Waals surface area contributed by atoms with Crippen molar-refractivity contribution in [2.45, 2.75) is 111 Å². The minimum absolute atomic E-state index is 0.0388. The molecule has 0 unspecified atom stereocenters. The lowest BCUT2D eigenvalue weighted by atomic mass is 10.1. The van der Waals surface area contributed by atoms with Crippen LogP contribution in [-0.4, -0.2) is 82.8 Å². The molecule has 1 aliphatic rings. The SMILES string of the molecule is CC(C)c1nccc(OCCO[Si](C)(C)C(C)(C)C)c1-n1c(=O)nc(N2C[C@@H](C)N(C(=O)OC(C)(C)C)C[C@@H]2C)c2cc(F)c(Cl)nc21. The van der Waals surface area contributed by atoms with Crippen LogP contribution in [0.2, 0.25) is 23.3 Å². The molecule has 0 bridgehead atoms. The fraction of sp³-hybridized carbons (Fsp3) is 0.618. The third-order valence-electron chi connectivity index (χ3n) is 8.94. The van der Waals surface area contributed by atoms with Crippen molar-refractivity contribution < 1.29 is 23.1 Å². The standard InChI is InChI=1S/C34H50ClFN6O5Si/c1-20(2)26-27(25(13-14-37-26)45-15-16-46-48(11,12)34(8,9)10)42-30-23(17-24(36)28(35)38-30)29(39-31(42)43)40-18-22(4)41(19-21(40)3)32(44)47-33(5,6)7/h13-14,17,20-22H,15-16,18-19H2,1-12H3/t21-,22+/m0/s1.